The van der Waals surface area contributed by atoms with Crippen LogP contribution in [0.25, 0.3) is 10.6 Å². The second kappa shape index (κ2) is 7.02. The standard InChI is InChI=1S/C15H22N4O2S/c1-9(2)12(5-6-20)18-14(21)13-10(3)17-15(22-13)11-7-16-19(4)8-11/h7-9,12,20H,5-6H2,1-4H3,(H,18,21). The van der Waals surface area contributed by atoms with Gasteiger partial charge in [-0.15, -0.1) is 11.3 Å². The molecule has 0 saturated carbocycles. The van der Waals surface area contributed by atoms with Crippen LogP contribution >= 0.6 is 11.3 Å². The van der Waals surface area contributed by atoms with E-state index >= 15 is 0 Å². The molecule has 2 N–H and O–H groups in total. The van der Waals surface area contributed by atoms with E-state index < -0.39 is 0 Å². The second-order valence-corrected chi connectivity index (χ2v) is 6.67. The molecule has 2 rings (SSSR count). The molecule has 0 saturated heterocycles. The van der Waals surface area contributed by atoms with Crippen LogP contribution in [0.4, 0.5) is 0 Å². The van der Waals surface area contributed by atoms with Crippen LogP contribution < -0.4 is 5.32 Å². The summed E-state index contributed by atoms with van der Waals surface area (Å²) in [7, 11) is 1.85. The highest BCUT2D eigenvalue weighted by atomic mass is 32.1. The molecule has 1 unspecified atom stereocenters. The van der Waals surface area contributed by atoms with Crippen LogP contribution in [-0.4, -0.2) is 38.4 Å². The predicted octanol–water partition coefficient (Wildman–Crippen LogP) is 1.99. The number of aliphatic hydroxyl groups excluding tert-OH is 1. The van der Waals surface area contributed by atoms with Crippen molar-refractivity contribution >= 4 is 17.2 Å². The van der Waals surface area contributed by atoms with Gasteiger partial charge in [0.05, 0.1) is 11.9 Å². The molecule has 0 fully saturated rings. The number of nitrogens with zero attached hydrogens (tertiary/aromatic N) is 3. The first-order valence-electron chi connectivity index (χ1n) is 7.30. The number of hydrogen-bond donors (Lipinski definition) is 2. The van der Waals surface area contributed by atoms with E-state index in [1.54, 1.807) is 10.9 Å². The van der Waals surface area contributed by atoms with Gasteiger partial charge in [-0.05, 0) is 19.3 Å². The Morgan fingerprint density at radius 3 is 2.77 bits per heavy atom. The molecular weight excluding hydrogens is 300 g/mol. The number of aryl methyl sites for hydroxylation is 2. The molecule has 2 aromatic rings. The Balaban J connectivity index is 2.18. The molecule has 0 aliphatic heterocycles. The van der Waals surface area contributed by atoms with Gasteiger partial charge < -0.3 is 10.4 Å². The third kappa shape index (κ3) is 3.72. The molecule has 0 radical (unpaired) electrons. The smallest absolute Gasteiger partial charge is 0.263 e. The zero-order chi connectivity index (χ0) is 16.3. The summed E-state index contributed by atoms with van der Waals surface area (Å²) in [5.41, 5.74) is 1.62. The zero-order valence-electron chi connectivity index (χ0n) is 13.3. The summed E-state index contributed by atoms with van der Waals surface area (Å²) in [6.07, 6.45) is 4.17. The number of carbonyl (C=O) groups excluding carboxylic acids is 1. The average Bonchev–Trinajstić information content (AvgIpc) is 3.04. The van der Waals surface area contributed by atoms with E-state index in [0.717, 1.165) is 10.6 Å². The molecule has 0 bridgehead atoms. The zero-order valence-corrected chi connectivity index (χ0v) is 14.1. The Bertz CT molecular complexity index is 648. The van der Waals surface area contributed by atoms with Crippen molar-refractivity contribution in [2.45, 2.75) is 33.2 Å². The van der Waals surface area contributed by atoms with Gasteiger partial charge in [0.2, 0.25) is 0 Å². The number of aromatic nitrogens is 3. The predicted molar refractivity (Wildman–Crippen MR) is 86.8 cm³/mol. The summed E-state index contributed by atoms with van der Waals surface area (Å²) in [4.78, 5) is 17.5. The molecular formula is C15H22N4O2S. The number of hydrogen-bond acceptors (Lipinski definition) is 5. The van der Waals surface area contributed by atoms with Crippen molar-refractivity contribution in [1.82, 2.24) is 20.1 Å². The summed E-state index contributed by atoms with van der Waals surface area (Å²) in [5.74, 6) is 0.138. The van der Waals surface area contributed by atoms with Crippen LogP contribution in [0.3, 0.4) is 0 Å². The second-order valence-electron chi connectivity index (χ2n) is 5.67. The van der Waals surface area contributed by atoms with Gasteiger partial charge in [-0.3, -0.25) is 9.48 Å². The van der Waals surface area contributed by atoms with Gasteiger partial charge in [-0.2, -0.15) is 5.10 Å². The number of nitrogens with one attached hydrogen (secondary N) is 1. The van der Waals surface area contributed by atoms with E-state index in [1.165, 1.54) is 11.3 Å². The Morgan fingerprint density at radius 2 is 2.23 bits per heavy atom. The first kappa shape index (κ1) is 16.6. The maximum Gasteiger partial charge on any atom is 0.263 e. The van der Waals surface area contributed by atoms with Gasteiger partial charge in [0.15, 0.2) is 0 Å². The lowest BCUT2D eigenvalue weighted by Crippen LogP contribution is -2.39. The lowest BCUT2D eigenvalue weighted by Gasteiger charge is -2.21. The third-order valence-electron chi connectivity index (χ3n) is 3.52. The molecule has 7 heteroatoms. The summed E-state index contributed by atoms with van der Waals surface area (Å²) in [5, 5.41) is 17.0. The Hall–Kier alpha value is -1.73. The monoisotopic (exact) mass is 322 g/mol. The highest BCUT2D eigenvalue weighted by molar-refractivity contribution is 7.17. The van der Waals surface area contributed by atoms with Crippen molar-refractivity contribution < 1.29 is 9.90 Å². The van der Waals surface area contributed by atoms with Crippen molar-refractivity contribution in [1.29, 1.82) is 0 Å². The third-order valence-corrected chi connectivity index (χ3v) is 4.72. The highest BCUT2D eigenvalue weighted by Gasteiger charge is 2.21. The fourth-order valence-corrected chi connectivity index (χ4v) is 3.15. The van der Waals surface area contributed by atoms with Crippen molar-refractivity contribution in [2.24, 2.45) is 13.0 Å². The minimum Gasteiger partial charge on any atom is -0.396 e. The normalized spacial score (nSPS) is 12.6. The van der Waals surface area contributed by atoms with Crippen LogP contribution in [0.5, 0.6) is 0 Å². The van der Waals surface area contributed by atoms with Crippen molar-refractivity contribution in [2.75, 3.05) is 6.61 Å². The fourth-order valence-electron chi connectivity index (χ4n) is 2.21. The van der Waals surface area contributed by atoms with Gasteiger partial charge in [-0.1, -0.05) is 13.8 Å². The number of amides is 1. The van der Waals surface area contributed by atoms with Gasteiger partial charge in [0.1, 0.15) is 9.88 Å². The average molecular weight is 322 g/mol. The van der Waals surface area contributed by atoms with E-state index in [9.17, 15) is 4.79 Å². The fraction of sp³-hybridized carbons (Fsp3) is 0.533. The summed E-state index contributed by atoms with van der Waals surface area (Å²) in [6, 6.07) is -0.0409. The SMILES string of the molecule is Cc1nc(-c2cnn(C)c2)sc1C(=O)NC(CCO)C(C)C. The largest absolute Gasteiger partial charge is 0.396 e. The lowest BCUT2D eigenvalue weighted by atomic mass is 10.0. The molecule has 22 heavy (non-hydrogen) atoms. The summed E-state index contributed by atoms with van der Waals surface area (Å²) >= 11 is 1.37. The quantitative estimate of drug-likeness (QED) is 0.852. The maximum absolute atomic E-state index is 12.5. The molecule has 120 valence electrons. The Kier molecular flexibility index (Phi) is 5.31. The van der Waals surface area contributed by atoms with Crippen LogP contribution in [0.2, 0.25) is 0 Å². The first-order valence-corrected chi connectivity index (χ1v) is 8.12. The molecule has 0 aliphatic carbocycles. The molecule has 2 heterocycles. The summed E-state index contributed by atoms with van der Waals surface area (Å²) in [6.45, 7) is 5.95. The lowest BCUT2D eigenvalue weighted by molar-refractivity contribution is 0.0920. The van der Waals surface area contributed by atoms with Crippen molar-refractivity contribution in [3.05, 3.63) is 23.0 Å². The topological polar surface area (TPSA) is 80.0 Å². The first-order chi connectivity index (χ1) is 10.4. The number of aliphatic hydroxyl groups is 1. The molecule has 1 amide bonds. The minimum atomic E-state index is -0.128. The van der Waals surface area contributed by atoms with Gasteiger partial charge in [0, 0.05) is 31.5 Å². The number of thiazole rings is 1. The van der Waals surface area contributed by atoms with Crippen LogP contribution in [0.1, 0.15) is 35.6 Å². The van der Waals surface area contributed by atoms with Crippen LogP contribution in [0, 0.1) is 12.8 Å². The van der Waals surface area contributed by atoms with Crippen molar-refractivity contribution in [3.8, 4) is 10.6 Å². The van der Waals surface area contributed by atoms with E-state index in [1.807, 2.05) is 34.0 Å². The molecule has 0 aromatic carbocycles. The molecule has 2 aromatic heterocycles. The molecule has 1 atom stereocenters. The van der Waals surface area contributed by atoms with Gasteiger partial charge >= 0.3 is 0 Å². The van der Waals surface area contributed by atoms with Gasteiger partial charge in [-0.25, -0.2) is 4.98 Å². The molecule has 0 spiro atoms. The molecule has 6 nitrogen and oxygen atoms in total. The van der Waals surface area contributed by atoms with E-state index in [-0.39, 0.29) is 24.5 Å². The molecule has 0 aliphatic rings. The number of carbonyl (C=O) groups is 1. The Morgan fingerprint density at radius 1 is 1.50 bits per heavy atom. The Labute approximate surface area is 134 Å². The highest BCUT2D eigenvalue weighted by Crippen LogP contribution is 2.27. The maximum atomic E-state index is 12.5. The number of rotatable bonds is 6. The van der Waals surface area contributed by atoms with E-state index in [4.69, 9.17) is 5.11 Å². The minimum absolute atomic E-state index is 0.0409. The van der Waals surface area contributed by atoms with E-state index in [0.29, 0.717) is 17.0 Å². The van der Waals surface area contributed by atoms with Crippen LogP contribution in [0.15, 0.2) is 12.4 Å². The van der Waals surface area contributed by atoms with Crippen molar-refractivity contribution in [3.63, 3.8) is 0 Å². The summed E-state index contributed by atoms with van der Waals surface area (Å²) < 4.78 is 1.71. The van der Waals surface area contributed by atoms with Gasteiger partial charge in [0.25, 0.3) is 5.91 Å². The van der Waals surface area contributed by atoms with Crippen LogP contribution in [-0.2, 0) is 7.05 Å². The van der Waals surface area contributed by atoms with E-state index in [2.05, 4.69) is 15.4 Å².